The Balaban J connectivity index is 3.41. The van der Waals surface area contributed by atoms with Crippen molar-refractivity contribution in [3.63, 3.8) is 0 Å². The van der Waals surface area contributed by atoms with Crippen LogP contribution in [0.15, 0.2) is 30.3 Å². The number of amides is 3. The maximum Gasteiger partial charge on any atom is 0.408 e. The number of nitrogens with one attached hydrogen (secondary N) is 2. The lowest BCUT2D eigenvalue weighted by Gasteiger charge is -2.37. The third-order valence-corrected chi connectivity index (χ3v) is 4.95. The number of nitrogens with zero attached hydrogens (tertiary/aromatic N) is 1. The van der Waals surface area contributed by atoms with Crippen molar-refractivity contribution in [2.45, 2.75) is 85.0 Å². The van der Waals surface area contributed by atoms with Crippen LogP contribution in [0.1, 0.15) is 73.4 Å². The molecule has 0 aliphatic rings. The van der Waals surface area contributed by atoms with Crippen molar-refractivity contribution in [2.24, 2.45) is 5.92 Å². The van der Waals surface area contributed by atoms with Crippen LogP contribution < -0.4 is 10.6 Å². The highest BCUT2D eigenvalue weighted by atomic mass is 16.6. The van der Waals surface area contributed by atoms with E-state index in [1.807, 2.05) is 40.7 Å². The molecule has 0 heterocycles. The third-order valence-electron chi connectivity index (χ3n) is 4.95. The minimum atomic E-state index is -0.975. The third kappa shape index (κ3) is 9.42. The number of alkyl carbamates (subject to hydrolysis) is 1. The molecule has 1 aromatic carbocycles. The summed E-state index contributed by atoms with van der Waals surface area (Å²) in [5.41, 5.74) is -0.638. The van der Waals surface area contributed by atoms with E-state index < -0.39 is 35.2 Å². The Kier molecular flexibility index (Phi) is 10.4. The van der Waals surface area contributed by atoms with E-state index in [2.05, 4.69) is 10.6 Å². The van der Waals surface area contributed by atoms with E-state index in [1.54, 1.807) is 45.0 Å². The number of benzene rings is 1. The van der Waals surface area contributed by atoms with Crippen LogP contribution in [0.5, 0.6) is 0 Å². The van der Waals surface area contributed by atoms with Crippen molar-refractivity contribution in [1.82, 2.24) is 15.5 Å². The summed E-state index contributed by atoms with van der Waals surface area (Å²) in [4.78, 5) is 41.0. The summed E-state index contributed by atoms with van der Waals surface area (Å²) in [6, 6.07) is 7.04. The molecule has 1 aromatic rings. The van der Waals surface area contributed by atoms with Gasteiger partial charge in [0.2, 0.25) is 11.8 Å². The minimum absolute atomic E-state index is 0.0705. The molecule has 3 atom stereocenters. The van der Waals surface area contributed by atoms with Crippen molar-refractivity contribution in [1.29, 1.82) is 0 Å². The zero-order chi connectivity index (χ0) is 25.4. The number of ether oxygens (including phenoxy) is 1. The predicted molar refractivity (Wildman–Crippen MR) is 128 cm³/mol. The quantitative estimate of drug-likeness (QED) is 0.520. The van der Waals surface area contributed by atoms with Gasteiger partial charge in [0.25, 0.3) is 0 Å². The van der Waals surface area contributed by atoms with Crippen LogP contribution in [0.3, 0.4) is 0 Å². The van der Waals surface area contributed by atoms with E-state index in [-0.39, 0.29) is 25.0 Å². The van der Waals surface area contributed by atoms with Gasteiger partial charge in [-0.1, -0.05) is 50.6 Å². The lowest BCUT2D eigenvalue weighted by atomic mass is 9.95. The maximum atomic E-state index is 13.8. The van der Waals surface area contributed by atoms with Crippen LogP contribution in [0.2, 0.25) is 0 Å². The summed E-state index contributed by atoms with van der Waals surface area (Å²) >= 11 is 0. The Morgan fingerprint density at radius 2 is 1.64 bits per heavy atom. The second kappa shape index (κ2) is 12.0. The number of hydrogen-bond donors (Lipinski definition) is 3. The van der Waals surface area contributed by atoms with Crippen LogP contribution in [-0.2, 0) is 14.3 Å². The van der Waals surface area contributed by atoms with Gasteiger partial charge in [0.15, 0.2) is 0 Å². The van der Waals surface area contributed by atoms with E-state index in [1.165, 1.54) is 4.90 Å². The fraction of sp³-hybridized carbons (Fsp3) is 0.640. The van der Waals surface area contributed by atoms with Gasteiger partial charge in [-0.2, -0.15) is 0 Å². The zero-order valence-electron chi connectivity index (χ0n) is 21.3. The summed E-state index contributed by atoms with van der Waals surface area (Å²) < 4.78 is 5.36. The molecule has 0 fully saturated rings. The van der Waals surface area contributed by atoms with Crippen molar-refractivity contribution >= 4 is 17.9 Å². The Morgan fingerprint density at radius 1 is 1.06 bits per heavy atom. The summed E-state index contributed by atoms with van der Waals surface area (Å²) in [6.07, 6.45) is -0.0934. The number of carbonyl (C=O) groups excluding carboxylic acids is 3. The smallest absolute Gasteiger partial charge is 0.408 e. The molecule has 0 saturated heterocycles. The number of aliphatic hydroxyl groups excluding tert-OH is 1. The Labute approximate surface area is 198 Å². The van der Waals surface area contributed by atoms with Crippen LogP contribution in [0.25, 0.3) is 0 Å². The van der Waals surface area contributed by atoms with Crippen LogP contribution in [-0.4, -0.2) is 58.2 Å². The summed E-state index contributed by atoms with van der Waals surface area (Å²) in [6.45, 7) is 14.2. The van der Waals surface area contributed by atoms with Gasteiger partial charge in [-0.25, -0.2) is 4.79 Å². The Morgan fingerprint density at radius 3 is 2.09 bits per heavy atom. The van der Waals surface area contributed by atoms with Crippen LogP contribution >= 0.6 is 0 Å². The summed E-state index contributed by atoms with van der Waals surface area (Å²) in [7, 11) is 0. The van der Waals surface area contributed by atoms with Gasteiger partial charge < -0.3 is 25.4 Å². The topological polar surface area (TPSA) is 108 Å². The molecule has 33 heavy (non-hydrogen) atoms. The lowest BCUT2D eigenvalue weighted by molar-refractivity contribution is -0.144. The van der Waals surface area contributed by atoms with Gasteiger partial charge in [0.05, 0.1) is 6.61 Å². The molecule has 186 valence electrons. The summed E-state index contributed by atoms with van der Waals surface area (Å²) in [5.74, 6) is -1.05. The number of rotatable bonds is 9. The Bertz CT molecular complexity index is 783. The highest BCUT2D eigenvalue weighted by Crippen LogP contribution is 2.25. The highest BCUT2D eigenvalue weighted by molar-refractivity contribution is 5.92. The highest BCUT2D eigenvalue weighted by Gasteiger charge is 2.38. The molecule has 1 rings (SSSR count). The molecule has 8 heteroatoms. The molecule has 3 N–H and O–H groups in total. The van der Waals surface area contributed by atoms with E-state index in [0.717, 1.165) is 0 Å². The second-order valence-electron chi connectivity index (χ2n) is 10.3. The molecule has 0 saturated carbocycles. The molecule has 0 radical (unpaired) electrons. The fourth-order valence-corrected chi connectivity index (χ4v) is 3.32. The van der Waals surface area contributed by atoms with Gasteiger partial charge >= 0.3 is 6.09 Å². The lowest BCUT2D eigenvalue weighted by Crippen LogP contribution is -2.56. The monoisotopic (exact) mass is 463 g/mol. The van der Waals surface area contributed by atoms with Crippen molar-refractivity contribution < 1.29 is 24.2 Å². The SMILES string of the molecule is CCC(C)C(NC(=O)OC(C)(C)C)C(=O)N(CCO)C(C(=O)NC(C)(C)C)c1ccccc1. The first kappa shape index (κ1) is 28.4. The molecule has 0 spiro atoms. The molecule has 8 nitrogen and oxygen atoms in total. The predicted octanol–water partition coefficient (Wildman–Crippen LogP) is 3.40. The average molecular weight is 464 g/mol. The van der Waals surface area contributed by atoms with E-state index in [4.69, 9.17) is 4.74 Å². The fourth-order valence-electron chi connectivity index (χ4n) is 3.32. The molecular formula is C25H41N3O5. The van der Waals surface area contributed by atoms with E-state index >= 15 is 0 Å². The standard InChI is InChI=1S/C25H41N3O5/c1-9-17(2)19(26-23(32)33-25(6,7)8)22(31)28(15-16-29)20(18-13-11-10-12-14-18)21(30)27-24(3,4)5/h10-14,17,19-20,29H,9,15-16H2,1-8H3,(H,26,32)(H,27,30). The largest absolute Gasteiger partial charge is 0.444 e. The molecule has 0 bridgehead atoms. The minimum Gasteiger partial charge on any atom is -0.444 e. The average Bonchev–Trinajstić information content (AvgIpc) is 2.68. The number of aliphatic hydroxyl groups is 1. The van der Waals surface area contributed by atoms with Crippen molar-refractivity contribution in [3.8, 4) is 0 Å². The first-order valence-corrected chi connectivity index (χ1v) is 11.5. The molecular weight excluding hydrogens is 422 g/mol. The normalized spacial score (nSPS) is 14.6. The van der Waals surface area contributed by atoms with E-state index in [9.17, 15) is 19.5 Å². The van der Waals surface area contributed by atoms with Gasteiger partial charge in [-0.3, -0.25) is 9.59 Å². The van der Waals surface area contributed by atoms with Gasteiger partial charge in [0.1, 0.15) is 17.7 Å². The first-order chi connectivity index (χ1) is 15.2. The molecule has 0 aromatic heterocycles. The van der Waals surface area contributed by atoms with Crippen molar-refractivity contribution in [3.05, 3.63) is 35.9 Å². The summed E-state index contributed by atoms with van der Waals surface area (Å²) in [5, 5.41) is 15.4. The molecule has 3 unspecified atom stereocenters. The van der Waals surface area contributed by atoms with Gasteiger partial charge in [-0.15, -0.1) is 0 Å². The number of hydrogen-bond acceptors (Lipinski definition) is 5. The van der Waals surface area contributed by atoms with Crippen molar-refractivity contribution in [2.75, 3.05) is 13.2 Å². The second-order valence-corrected chi connectivity index (χ2v) is 10.3. The van der Waals surface area contributed by atoms with Gasteiger partial charge in [-0.05, 0) is 53.0 Å². The first-order valence-electron chi connectivity index (χ1n) is 11.5. The van der Waals surface area contributed by atoms with Crippen LogP contribution in [0, 0.1) is 5.92 Å². The van der Waals surface area contributed by atoms with Crippen LogP contribution in [0.4, 0.5) is 4.79 Å². The maximum absolute atomic E-state index is 13.8. The number of carbonyl (C=O) groups is 3. The molecule has 0 aliphatic carbocycles. The Hall–Kier alpha value is -2.61. The van der Waals surface area contributed by atoms with Gasteiger partial charge in [0, 0.05) is 12.1 Å². The zero-order valence-corrected chi connectivity index (χ0v) is 21.3. The van der Waals surface area contributed by atoms with E-state index in [0.29, 0.717) is 12.0 Å². The molecule has 3 amide bonds. The molecule has 0 aliphatic heterocycles.